The minimum atomic E-state index is -0.281. The van der Waals surface area contributed by atoms with Gasteiger partial charge in [-0.25, -0.2) is 4.68 Å². The number of para-hydroxylation sites is 1. The third kappa shape index (κ3) is 3.53. The number of carbonyl (C=O) groups excluding carboxylic acids is 1. The van der Waals surface area contributed by atoms with Crippen molar-refractivity contribution in [1.82, 2.24) is 9.78 Å². The lowest BCUT2D eigenvalue weighted by atomic mass is 10.1. The second-order valence-corrected chi connectivity index (χ2v) is 6.18. The zero-order valence-corrected chi connectivity index (χ0v) is 14.9. The second kappa shape index (κ2) is 7.60. The summed E-state index contributed by atoms with van der Waals surface area (Å²) in [4.78, 5) is 13.0. The van der Waals surface area contributed by atoms with Gasteiger partial charge in [0.05, 0.1) is 22.9 Å². The second-order valence-electron chi connectivity index (χ2n) is 6.18. The van der Waals surface area contributed by atoms with Crippen LogP contribution in [0.5, 0.6) is 0 Å². The lowest BCUT2D eigenvalue weighted by molar-refractivity contribution is 0.102. The van der Waals surface area contributed by atoms with Gasteiger partial charge >= 0.3 is 0 Å². The molecule has 0 fully saturated rings. The molecule has 1 aromatic heterocycles. The van der Waals surface area contributed by atoms with Crippen LogP contribution in [0, 0.1) is 11.3 Å². The van der Waals surface area contributed by atoms with Gasteiger partial charge in [0.15, 0.2) is 0 Å². The maximum atomic E-state index is 13.0. The summed E-state index contributed by atoms with van der Waals surface area (Å²) >= 11 is 0. The molecule has 0 bridgehead atoms. The maximum absolute atomic E-state index is 13.0. The van der Waals surface area contributed by atoms with E-state index in [4.69, 9.17) is 5.26 Å². The van der Waals surface area contributed by atoms with Crippen molar-refractivity contribution in [3.05, 3.63) is 102 Å². The van der Waals surface area contributed by atoms with Gasteiger partial charge in [-0.2, -0.15) is 10.4 Å². The van der Waals surface area contributed by atoms with Crippen LogP contribution < -0.4 is 5.32 Å². The van der Waals surface area contributed by atoms with Crippen molar-refractivity contribution in [2.75, 3.05) is 5.32 Å². The molecule has 4 rings (SSSR count). The Morgan fingerprint density at radius 1 is 0.929 bits per heavy atom. The van der Waals surface area contributed by atoms with Crippen molar-refractivity contribution in [2.45, 2.75) is 0 Å². The highest BCUT2D eigenvalue weighted by atomic mass is 16.1. The van der Waals surface area contributed by atoms with Crippen molar-refractivity contribution in [3.8, 4) is 23.0 Å². The van der Waals surface area contributed by atoms with Crippen LogP contribution in [-0.2, 0) is 0 Å². The van der Waals surface area contributed by atoms with Crippen molar-refractivity contribution >= 4 is 11.6 Å². The molecular weight excluding hydrogens is 348 g/mol. The van der Waals surface area contributed by atoms with E-state index in [1.165, 1.54) is 0 Å². The van der Waals surface area contributed by atoms with Gasteiger partial charge in [0.2, 0.25) is 0 Å². The largest absolute Gasteiger partial charge is 0.322 e. The molecule has 0 aliphatic heterocycles. The van der Waals surface area contributed by atoms with Crippen LogP contribution in [0.25, 0.3) is 16.9 Å². The van der Waals surface area contributed by atoms with Crippen molar-refractivity contribution in [1.29, 1.82) is 5.26 Å². The smallest absolute Gasteiger partial charge is 0.259 e. The fourth-order valence-electron chi connectivity index (χ4n) is 2.93. The van der Waals surface area contributed by atoms with Crippen LogP contribution in [0.2, 0.25) is 0 Å². The van der Waals surface area contributed by atoms with E-state index in [0.29, 0.717) is 22.5 Å². The number of anilines is 1. The lowest BCUT2D eigenvalue weighted by Gasteiger charge is -2.05. The number of hydrogen-bond donors (Lipinski definition) is 1. The first-order chi connectivity index (χ1) is 13.7. The molecule has 28 heavy (non-hydrogen) atoms. The van der Waals surface area contributed by atoms with E-state index in [-0.39, 0.29) is 5.91 Å². The molecule has 0 radical (unpaired) electrons. The molecular formula is C23H16N4O. The Morgan fingerprint density at radius 2 is 1.64 bits per heavy atom. The number of nitriles is 1. The highest BCUT2D eigenvalue weighted by Crippen LogP contribution is 2.24. The molecule has 0 unspecified atom stereocenters. The zero-order valence-electron chi connectivity index (χ0n) is 14.9. The molecule has 1 N–H and O–H groups in total. The number of carbonyl (C=O) groups is 1. The number of aromatic nitrogens is 2. The van der Waals surface area contributed by atoms with Gasteiger partial charge in [0.25, 0.3) is 5.91 Å². The number of amides is 1. The summed E-state index contributed by atoms with van der Waals surface area (Å²) in [6, 6.07) is 28.1. The van der Waals surface area contributed by atoms with E-state index in [9.17, 15) is 4.79 Å². The van der Waals surface area contributed by atoms with Crippen molar-refractivity contribution in [2.24, 2.45) is 0 Å². The van der Waals surface area contributed by atoms with Gasteiger partial charge in [-0.1, -0.05) is 54.6 Å². The van der Waals surface area contributed by atoms with E-state index in [1.54, 1.807) is 35.1 Å². The average Bonchev–Trinajstić information content (AvgIpc) is 3.21. The molecule has 1 heterocycles. The number of nitrogens with one attached hydrogen (secondary N) is 1. The molecule has 0 spiro atoms. The molecule has 0 aliphatic carbocycles. The van der Waals surface area contributed by atoms with Gasteiger partial charge in [0, 0.05) is 17.4 Å². The standard InChI is InChI=1S/C23H16N4O/c24-15-17-8-7-11-19(14-17)25-23(28)21-16-27(20-12-5-2-6-13-20)26-22(21)18-9-3-1-4-10-18/h1-14,16H,(H,25,28). The third-order valence-electron chi connectivity index (χ3n) is 4.28. The molecule has 0 aliphatic rings. The maximum Gasteiger partial charge on any atom is 0.259 e. The summed E-state index contributed by atoms with van der Waals surface area (Å²) in [7, 11) is 0. The Labute approximate surface area is 162 Å². The number of benzene rings is 3. The average molecular weight is 364 g/mol. The molecule has 5 heteroatoms. The summed E-state index contributed by atoms with van der Waals surface area (Å²) < 4.78 is 1.70. The Balaban J connectivity index is 1.75. The first-order valence-electron chi connectivity index (χ1n) is 8.76. The lowest BCUT2D eigenvalue weighted by Crippen LogP contribution is -2.12. The summed E-state index contributed by atoms with van der Waals surface area (Å²) in [6.07, 6.45) is 1.72. The van der Waals surface area contributed by atoms with E-state index in [0.717, 1.165) is 11.3 Å². The third-order valence-corrected chi connectivity index (χ3v) is 4.28. The Bertz CT molecular complexity index is 1160. The van der Waals surface area contributed by atoms with Gasteiger partial charge in [-0.15, -0.1) is 0 Å². The molecule has 5 nitrogen and oxygen atoms in total. The van der Waals surface area contributed by atoms with Gasteiger partial charge in [0.1, 0.15) is 5.69 Å². The summed E-state index contributed by atoms with van der Waals surface area (Å²) in [5, 5.41) is 16.6. The summed E-state index contributed by atoms with van der Waals surface area (Å²) in [6.45, 7) is 0. The number of rotatable bonds is 4. The minimum absolute atomic E-state index is 0.281. The predicted molar refractivity (Wildman–Crippen MR) is 108 cm³/mol. The topological polar surface area (TPSA) is 70.7 Å². The van der Waals surface area contributed by atoms with Crippen LogP contribution in [0.15, 0.2) is 91.1 Å². The van der Waals surface area contributed by atoms with E-state index in [1.807, 2.05) is 60.7 Å². The monoisotopic (exact) mass is 364 g/mol. The Hall–Kier alpha value is -4.17. The number of hydrogen-bond acceptors (Lipinski definition) is 3. The fourth-order valence-corrected chi connectivity index (χ4v) is 2.93. The van der Waals surface area contributed by atoms with Gasteiger partial charge in [-0.3, -0.25) is 4.79 Å². The first kappa shape index (κ1) is 17.3. The normalized spacial score (nSPS) is 10.2. The van der Waals surface area contributed by atoms with Crippen LogP contribution in [-0.4, -0.2) is 15.7 Å². The molecule has 0 saturated heterocycles. The quantitative estimate of drug-likeness (QED) is 0.572. The fraction of sp³-hybridized carbons (Fsp3) is 0. The first-order valence-corrected chi connectivity index (χ1v) is 8.76. The van der Waals surface area contributed by atoms with Crippen LogP contribution in [0.3, 0.4) is 0 Å². The van der Waals surface area contributed by atoms with E-state index >= 15 is 0 Å². The minimum Gasteiger partial charge on any atom is -0.322 e. The summed E-state index contributed by atoms with van der Waals surface area (Å²) in [5.41, 5.74) is 3.82. The predicted octanol–water partition coefficient (Wildman–Crippen LogP) is 4.66. The van der Waals surface area contributed by atoms with Gasteiger partial charge in [-0.05, 0) is 30.3 Å². The Kier molecular flexibility index (Phi) is 4.68. The molecule has 134 valence electrons. The van der Waals surface area contributed by atoms with Crippen LogP contribution >= 0.6 is 0 Å². The SMILES string of the molecule is N#Cc1cccc(NC(=O)c2cn(-c3ccccc3)nc2-c2ccccc2)c1. The Morgan fingerprint density at radius 3 is 2.36 bits per heavy atom. The number of nitrogens with zero attached hydrogens (tertiary/aromatic N) is 3. The van der Waals surface area contributed by atoms with E-state index in [2.05, 4.69) is 16.5 Å². The molecule has 4 aromatic rings. The van der Waals surface area contributed by atoms with Crippen molar-refractivity contribution in [3.63, 3.8) is 0 Å². The van der Waals surface area contributed by atoms with Crippen molar-refractivity contribution < 1.29 is 4.79 Å². The summed E-state index contributed by atoms with van der Waals surface area (Å²) in [5.74, 6) is -0.281. The molecule has 0 saturated carbocycles. The molecule has 1 amide bonds. The van der Waals surface area contributed by atoms with Crippen LogP contribution in [0.1, 0.15) is 15.9 Å². The zero-order chi connectivity index (χ0) is 19.3. The molecule has 0 atom stereocenters. The van der Waals surface area contributed by atoms with Gasteiger partial charge < -0.3 is 5.32 Å². The van der Waals surface area contributed by atoms with Crippen LogP contribution in [0.4, 0.5) is 5.69 Å². The van der Waals surface area contributed by atoms with E-state index < -0.39 is 0 Å². The highest BCUT2D eigenvalue weighted by molar-refractivity contribution is 6.08. The highest BCUT2D eigenvalue weighted by Gasteiger charge is 2.19. The molecule has 3 aromatic carbocycles.